The van der Waals surface area contributed by atoms with E-state index in [4.69, 9.17) is 4.74 Å². The van der Waals surface area contributed by atoms with Gasteiger partial charge in [-0.1, -0.05) is 0 Å². The molecule has 2 nitrogen and oxygen atoms in total. The van der Waals surface area contributed by atoms with Crippen LogP contribution in [0.1, 0.15) is 30.0 Å². The average molecular weight is 227 g/mol. The number of ether oxygens (including phenoxy) is 1. The minimum atomic E-state index is -0.0155. The Morgan fingerprint density at radius 3 is 2.67 bits per heavy atom. The predicted octanol–water partition coefficient (Wildman–Crippen LogP) is 2.96. The lowest BCUT2D eigenvalue weighted by Crippen LogP contribution is -2.28. The molecule has 0 aromatic carbocycles. The quantitative estimate of drug-likeness (QED) is 0.754. The molecule has 0 aliphatic heterocycles. The van der Waals surface area contributed by atoms with Gasteiger partial charge in [-0.15, -0.1) is 11.3 Å². The van der Waals surface area contributed by atoms with E-state index in [1.165, 1.54) is 9.75 Å². The van der Waals surface area contributed by atoms with Crippen molar-refractivity contribution in [3.8, 4) is 0 Å². The highest BCUT2D eigenvalue weighted by Crippen LogP contribution is 2.15. The molecule has 15 heavy (non-hydrogen) atoms. The lowest BCUT2D eigenvalue weighted by molar-refractivity contribution is 0.0158. The zero-order valence-electron chi connectivity index (χ0n) is 10.1. The van der Waals surface area contributed by atoms with Crippen LogP contribution in [0.3, 0.4) is 0 Å². The molecule has 3 heteroatoms. The smallest absolute Gasteiger partial charge is 0.0634 e. The first kappa shape index (κ1) is 12.7. The van der Waals surface area contributed by atoms with Gasteiger partial charge in [0.1, 0.15) is 0 Å². The highest BCUT2D eigenvalue weighted by Gasteiger charge is 2.14. The van der Waals surface area contributed by atoms with Crippen molar-refractivity contribution in [1.29, 1.82) is 0 Å². The lowest BCUT2D eigenvalue weighted by Gasteiger charge is -2.22. The summed E-state index contributed by atoms with van der Waals surface area (Å²) < 4.78 is 5.36. The number of methoxy groups -OCH3 is 1. The molecular formula is C12H21NOS. The number of hydrogen-bond acceptors (Lipinski definition) is 3. The van der Waals surface area contributed by atoms with Crippen LogP contribution in [0.15, 0.2) is 12.1 Å². The van der Waals surface area contributed by atoms with Crippen LogP contribution in [-0.2, 0) is 11.3 Å². The van der Waals surface area contributed by atoms with E-state index in [0.29, 0.717) is 0 Å². The van der Waals surface area contributed by atoms with Crippen LogP contribution in [0.25, 0.3) is 0 Å². The molecule has 0 amide bonds. The molecule has 1 N–H and O–H groups in total. The Morgan fingerprint density at radius 1 is 1.40 bits per heavy atom. The first-order chi connectivity index (χ1) is 7.03. The third-order valence-corrected chi connectivity index (χ3v) is 3.55. The standard InChI is InChI=1S/C12H21NOS/c1-10-5-6-11(15-10)9-13-8-7-12(2,3)14-4/h5-6,13H,7-9H2,1-4H3. The van der Waals surface area contributed by atoms with Gasteiger partial charge < -0.3 is 10.1 Å². The summed E-state index contributed by atoms with van der Waals surface area (Å²) in [4.78, 5) is 2.78. The summed E-state index contributed by atoms with van der Waals surface area (Å²) >= 11 is 1.86. The summed E-state index contributed by atoms with van der Waals surface area (Å²) in [6.07, 6.45) is 1.04. The Morgan fingerprint density at radius 2 is 2.13 bits per heavy atom. The largest absolute Gasteiger partial charge is 0.379 e. The van der Waals surface area contributed by atoms with E-state index in [-0.39, 0.29) is 5.60 Å². The fourth-order valence-electron chi connectivity index (χ4n) is 1.28. The summed E-state index contributed by atoms with van der Waals surface area (Å²) in [5.41, 5.74) is -0.0155. The maximum atomic E-state index is 5.36. The third kappa shape index (κ3) is 4.78. The molecule has 0 atom stereocenters. The van der Waals surface area contributed by atoms with Crippen LogP contribution >= 0.6 is 11.3 Å². The van der Waals surface area contributed by atoms with Gasteiger partial charge in [0.25, 0.3) is 0 Å². The van der Waals surface area contributed by atoms with Crippen molar-refractivity contribution in [3.63, 3.8) is 0 Å². The lowest BCUT2D eigenvalue weighted by atomic mass is 10.1. The second kappa shape index (κ2) is 5.64. The Labute approximate surface area is 96.7 Å². The fraction of sp³-hybridized carbons (Fsp3) is 0.667. The van der Waals surface area contributed by atoms with E-state index in [1.54, 1.807) is 7.11 Å². The SMILES string of the molecule is COC(C)(C)CCNCc1ccc(C)s1. The molecule has 0 spiro atoms. The summed E-state index contributed by atoms with van der Waals surface area (Å²) in [6.45, 7) is 8.34. The van der Waals surface area contributed by atoms with E-state index in [2.05, 4.69) is 38.2 Å². The minimum absolute atomic E-state index is 0.0155. The molecule has 0 unspecified atom stereocenters. The van der Waals surface area contributed by atoms with E-state index in [9.17, 15) is 0 Å². The summed E-state index contributed by atoms with van der Waals surface area (Å²) in [7, 11) is 1.77. The van der Waals surface area contributed by atoms with E-state index >= 15 is 0 Å². The highest BCUT2D eigenvalue weighted by molar-refractivity contribution is 7.11. The zero-order chi connectivity index (χ0) is 11.3. The summed E-state index contributed by atoms with van der Waals surface area (Å²) in [5, 5.41) is 3.44. The van der Waals surface area contributed by atoms with E-state index in [1.807, 2.05) is 11.3 Å². The van der Waals surface area contributed by atoms with Crippen molar-refractivity contribution in [3.05, 3.63) is 21.9 Å². The first-order valence-corrected chi connectivity index (χ1v) is 6.16. The second-order valence-corrected chi connectivity index (χ2v) is 5.78. The molecule has 1 rings (SSSR count). The van der Waals surface area contributed by atoms with Crippen LogP contribution in [0, 0.1) is 6.92 Å². The van der Waals surface area contributed by atoms with Crippen LogP contribution in [0.4, 0.5) is 0 Å². The number of thiophene rings is 1. The van der Waals surface area contributed by atoms with Crippen LogP contribution in [-0.4, -0.2) is 19.3 Å². The van der Waals surface area contributed by atoms with Gasteiger partial charge in [-0.3, -0.25) is 0 Å². The molecule has 0 saturated heterocycles. The average Bonchev–Trinajstić information content (AvgIpc) is 2.59. The normalized spacial score (nSPS) is 12.0. The van der Waals surface area contributed by atoms with Crippen LogP contribution in [0.2, 0.25) is 0 Å². The monoisotopic (exact) mass is 227 g/mol. The number of aryl methyl sites for hydroxylation is 1. The van der Waals surface area contributed by atoms with Gasteiger partial charge in [-0.2, -0.15) is 0 Å². The summed E-state index contributed by atoms with van der Waals surface area (Å²) in [6, 6.07) is 4.36. The van der Waals surface area contributed by atoms with Gasteiger partial charge in [0.2, 0.25) is 0 Å². The van der Waals surface area contributed by atoms with Crippen molar-refractivity contribution >= 4 is 11.3 Å². The molecule has 0 aliphatic carbocycles. The maximum absolute atomic E-state index is 5.36. The molecule has 0 saturated carbocycles. The minimum Gasteiger partial charge on any atom is -0.379 e. The van der Waals surface area contributed by atoms with Crippen molar-refractivity contribution in [2.24, 2.45) is 0 Å². The zero-order valence-corrected chi connectivity index (χ0v) is 10.9. The van der Waals surface area contributed by atoms with Gasteiger partial charge in [-0.25, -0.2) is 0 Å². The summed E-state index contributed by atoms with van der Waals surface area (Å²) in [5.74, 6) is 0. The van der Waals surface area contributed by atoms with Gasteiger partial charge in [-0.05, 0) is 45.9 Å². The third-order valence-electron chi connectivity index (χ3n) is 2.55. The Bertz CT molecular complexity index is 294. The first-order valence-electron chi connectivity index (χ1n) is 5.35. The van der Waals surface area contributed by atoms with Crippen molar-refractivity contribution in [2.75, 3.05) is 13.7 Å². The predicted molar refractivity (Wildman–Crippen MR) is 66.5 cm³/mol. The number of nitrogens with one attached hydrogen (secondary N) is 1. The number of rotatable bonds is 6. The molecular weight excluding hydrogens is 206 g/mol. The van der Waals surface area contributed by atoms with Crippen LogP contribution in [0.5, 0.6) is 0 Å². The van der Waals surface area contributed by atoms with Gasteiger partial charge in [0, 0.05) is 23.4 Å². The van der Waals surface area contributed by atoms with Crippen molar-refractivity contribution in [2.45, 2.75) is 39.3 Å². The van der Waals surface area contributed by atoms with Crippen molar-refractivity contribution in [1.82, 2.24) is 5.32 Å². The van der Waals surface area contributed by atoms with E-state index < -0.39 is 0 Å². The maximum Gasteiger partial charge on any atom is 0.0634 e. The van der Waals surface area contributed by atoms with Gasteiger partial charge in [0.15, 0.2) is 0 Å². The Kier molecular flexibility index (Phi) is 4.77. The molecule has 1 aromatic heterocycles. The molecule has 0 radical (unpaired) electrons. The molecule has 0 aliphatic rings. The van der Waals surface area contributed by atoms with Crippen molar-refractivity contribution < 1.29 is 4.74 Å². The topological polar surface area (TPSA) is 21.3 Å². The second-order valence-electron chi connectivity index (χ2n) is 4.40. The highest BCUT2D eigenvalue weighted by atomic mass is 32.1. The van der Waals surface area contributed by atoms with Crippen LogP contribution < -0.4 is 5.32 Å². The molecule has 1 aromatic rings. The van der Waals surface area contributed by atoms with Gasteiger partial charge >= 0.3 is 0 Å². The van der Waals surface area contributed by atoms with E-state index in [0.717, 1.165) is 19.5 Å². The van der Waals surface area contributed by atoms with Gasteiger partial charge in [0.05, 0.1) is 5.60 Å². The number of hydrogen-bond donors (Lipinski definition) is 1. The molecule has 0 fully saturated rings. The molecule has 1 heterocycles. The molecule has 86 valence electrons. The Hall–Kier alpha value is -0.380. The molecule has 0 bridgehead atoms. The fourth-order valence-corrected chi connectivity index (χ4v) is 2.14. The Balaban J connectivity index is 2.17.